The van der Waals surface area contributed by atoms with Crippen LogP contribution in [0.25, 0.3) is 0 Å². The third-order valence-electron chi connectivity index (χ3n) is 1.75. The Morgan fingerprint density at radius 2 is 2.08 bits per heavy atom. The molecule has 72 valence electrons. The molecule has 12 heavy (non-hydrogen) atoms. The minimum absolute atomic E-state index is 0. The van der Waals surface area contributed by atoms with Crippen molar-refractivity contribution in [2.24, 2.45) is 5.73 Å². The van der Waals surface area contributed by atoms with E-state index in [4.69, 9.17) is 10.5 Å². The van der Waals surface area contributed by atoms with Crippen LogP contribution in [-0.4, -0.2) is 31.7 Å². The quantitative estimate of drug-likeness (QED) is 0.646. The molecule has 3 N–H and O–H groups in total. The van der Waals surface area contributed by atoms with Crippen molar-refractivity contribution in [3.8, 4) is 0 Å². The highest BCUT2D eigenvalue weighted by molar-refractivity contribution is 5.85. The number of nitrogens with two attached hydrogens (primary N) is 1. The number of ether oxygens (including phenoxy) is 1. The van der Waals surface area contributed by atoms with Crippen LogP contribution in [-0.2, 0) is 9.53 Å². The number of hydrogen-bond acceptors (Lipinski definition) is 3. The zero-order chi connectivity index (χ0) is 8.10. The maximum atomic E-state index is 10.3. The third-order valence-corrected chi connectivity index (χ3v) is 1.75. The number of primary amides is 1. The van der Waals surface area contributed by atoms with Crippen LogP contribution in [0.2, 0.25) is 0 Å². The van der Waals surface area contributed by atoms with E-state index in [0.29, 0.717) is 0 Å². The van der Waals surface area contributed by atoms with E-state index < -0.39 is 0 Å². The summed E-state index contributed by atoms with van der Waals surface area (Å²) in [4.78, 5) is 10.3. The standard InChI is InChI=1S/C7H14N2O2.ClH/c8-7(10)5-11-6-1-3-9-4-2-6;/h6,9H,1-5H2,(H2,8,10);1H. The molecule has 0 saturated carbocycles. The second-order valence-corrected chi connectivity index (χ2v) is 2.73. The van der Waals surface area contributed by atoms with E-state index in [1.165, 1.54) is 0 Å². The molecular weight excluding hydrogens is 180 g/mol. The monoisotopic (exact) mass is 194 g/mol. The Labute approximate surface area is 78.2 Å². The molecule has 1 aliphatic rings. The van der Waals surface area contributed by atoms with Gasteiger partial charge in [-0.25, -0.2) is 0 Å². The second-order valence-electron chi connectivity index (χ2n) is 2.73. The van der Waals surface area contributed by atoms with Gasteiger partial charge in [-0.1, -0.05) is 0 Å². The van der Waals surface area contributed by atoms with Gasteiger partial charge in [0.1, 0.15) is 6.61 Å². The summed E-state index contributed by atoms with van der Waals surface area (Å²) in [5.74, 6) is -0.386. The van der Waals surface area contributed by atoms with Crippen LogP contribution < -0.4 is 11.1 Å². The molecule has 5 heteroatoms. The number of rotatable bonds is 3. The first-order chi connectivity index (χ1) is 5.29. The summed E-state index contributed by atoms with van der Waals surface area (Å²) in [5.41, 5.74) is 4.93. The van der Waals surface area contributed by atoms with Gasteiger partial charge in [0.2, 0.25) is 5.91 Å². The number of piperidine rings is 1. The molecule has 1 heterocycles. The first-order valence-electron chi connectivity index (χ1n) is 3.89. The molecule has 1 saturated heterocycles. The predicted molar refractivity (Wildman–Crippen MR) is 48.3 cm³/mol. The average Bonchev–Trinajstić information content (AvgIpc) is 2.03. The maximum absolute atomic E-state index is 10.3. The van der Waals surface area contributed by atoms with E-state index in [2.05, 4.69) is 5.32 Å². The second kappa shape index (κ2) is 6.22. The van der Waals surface area contributed by atoms with Crippen molar-refractivity contribution in [1.29, 1.82) is 0 Å². The number of carbonyl (C=O) groups excluding carboxylic acids is 1. The molecule has 0 bridgehead atoms. The van der Waals surface area contributed by atoms with Crippen LogP contribution in [0.1, 0.15) is 12.8 Å². The fourth-order valence-corrected chi connectivity index (χ4v) is 1.16. The molecule has 1 aliphatic heterocycles. The van der Waals surface area contributed by atoms with Gasteiger partial charge in [0.05, 0.1) is 6.10 Å². The SMILES string of the molecule is Cl.NC(=O)COC1CCNCC1. The number of hydrogen-bond donors (Lipinski definition) is 2. The molecule has 0 unspecified atom stereocenters. The number of carbonyl (C=O) groups is 1. The molecule has 0 aromatic carbocycles. The lowest BCUT2D eigenvalue weighted by Crippen LogP contribution is -2.34. The summed E-state index contributed by atoms with van der Waals surface area (Å²) >= 11 is 0. The zero-order valence-electron chi connectivity index (χ0n) is 6.91. The highest BCUT2D eigenvalue weighted by Crippen LogP contribution is 2.05. The van der Waals surface area contributed by atoms with Crippen LogP contribution in [0, 0.1) is 0 Å². The predicted octanol–water partition coefficient (Wildman–Crippen LogP) is -0.338. The van der Waals surface area contributed by atoms with Crippen LogP contribution in [0.3, 0.4) is 0 Å². The van der Waals surface area contributed by atoms with Gasteiger partial charge in [-0.3, -0.25) is 4.79 Å². The molecular formula is C7H15ClN2O2. The fourth-order valence-electron chi connectivity index (χ4n) is 1.16. The van der Waals surface area contributed by atoms with E-state index in [1.807, 2.05) is 0 Å². The van der Waals surface area contributed by atoms with Crippen LogP contribution >= 0.6 is 12.4 Å². The van der Waals surface area contributed by atoms with Gasteiger partial charge in [-0.05, 0) is 25.9 Å². The van der Waals surface area contributed by atoms with Gasteiger partial charge >= 0.3 is 0 Å². The fraction of sp³-hybridized carbons (Fsp3) is 0.857. The Hall–Kier alpha value is -0.320. The minimum atomic E-state index is -0.386. The highest BCUT2D eigenvalue weighted by Gasteiger charge is 2.13. The van der Waals surface area contributed by atoms with E-state index >= 15 is 0 Å². The number of nitrogens with one attached hydrogen (secondary N) is 1. The van der Waals surface area contributed by atoms with Crippen LogP contribution in [0.5, 0.6) is 0 Å². The van der Waals surface area contributed by atoms with Crippen LogP contribution in [0.15, 0.2) is 0 Å². The average molecular weight is 195 g/mol. The first-order valence-corrected chi connectivity index (χ1v) is 3.89. The molecule has 0 radical (unpaired) electrons. The van der Waals surface area contributed by atoms with Crippen molar-refractivity contribution in [2.75, 3.05) is 19.7 Å². The lowest BCUT2D eigenvalue weighted by molar-refractivity contribution is -0.125. The van der Waals surface area contributed by atoms with Crippen molar-refractivity contribution >= 4 is 18.3 Å². The third kappa shape index (κ3) is 4.54. The van der Waals surface area contributed by atoms with Gasteiger partial charge < -0.3 is 15.8 Å². The smallest absolute Gasteiger partial charge is 0.243 e. The Balaban J connectivity index is 0.00000121. The van der Waals surface area contributed by atoms with Crippen LogP contribution in [0.4, 0.5) is 0 Å². The Bertz CT molecular complexity index is 137. The van der Waals surface area contributed by atoms with Gasteiger partial charge in [-0.2, -0.15) is 0 Å². The molecule has 1 rings (SSSR count). The lowest BCUT2D eigenvalue weighted by Gasteiger charge is -2.22. The molecule has 0 aromatic rings. The van der Waals surface area contributed by atoms with E-state index in [0.717, 1.165) is 25.9 Å². The van der Waals surface area contributed by atoms with Crippen molar-refractivity contribution in [3.05, 3.63) is 0 Å². The molecule has 0 aliphatic carbocycles. The number of halogens is 1. The molecule has 0 atom stereocenters. The molecule has 0 aromatic heterocycles. The molecule has 4 nitrogen and oxygen atoms in total. The maximum Gasteiger partial charge on any atom is 0.243 e. The van der Waals surface area contributed by atoms with Crippen molar-refractivity contribution in [3.63, 3.8) is 0 Å². The summed E-state index contributed by atoms with van der Waals surface area (Å²) < 4.78 is 5.23. The van der Waals surface area contributed by atoms with Crippen molar-refractivity contribution in [2.45, 2.75) is 18.9 Å². The van der Waals surface area contributed by atoms with E-state index in [9.17, 15) is 4.79 Å². The lowest BCUT2D eigenvalue weighted by atomic mass is 10.1. The molecule has 0 spiro atoms. The Morgan fingerprint density at radius 1 is 1.50 bits per heavy atom. The van der Waals surface area contributed by atoms with Crippen molar-refractivity contribution < 1.29 is 9.53 Å². The first kappa shape index (κ1) is 11.7. The minimum Gasteiger partial charge on any atom is -0.368 e. The Morgan fingerprint density at radius 3 is 2.58 bits per heavy atom. The topological polar surface area (TPSA) is 64.4 Å². The molecule has 1 fully saturated rings. The number of amides is 1. The van der Waals surface area contributed by atoms with Gasteiger partial charge in [0.15, 0.2) is 0 Å². The summed E-state index contributed by atoms with van der Waals surface area (Å²) in [6, 6.07) is 0. The Kier molecular flexibility index (Phi) is 6.06. The van der Waals surface area contributed by atoms with E-state index in [1.54, 1.807) is 0 Å². The van der Waals surface area contributed by atoms with Gasteiger partial charge in [0, 0.05) is 0 Å². The van der Waals surface area contributed by atoms with Crippen molar-refractivity contribution in [1.82, 2.24) is 5.32 Å². The summed E-state index contributed by atoms with van der Waals surface area (Å²) in [5, 5.41) is 3.21. The highest BCUT2D eigenvalue weighted by atomic mass is 35.5. The van der Waals surface area contributed by atoms with Gasteiger partial charge in [-0.15, -0.1) is 12.4 Å². The largest absolute Gasteiger partial charge is 0.368 e. The summed E-state index contributed by atoms with van der Waals surface area (Å²) in [6.07, 6.45) is 2.18. The van der Waals surface area contributed by atoms with E-state index in [-0.39, 0.29) is 31.0 Å². The molecule has 1 amide bonds. The van der Waals surface area contributed by atoms with Gasteiger partial charge in [0.25, 0.3) is 0 Å². The normalized spacial score (nSPS) is 18.3. The summed E-state index contributed by atoms with van der Waals surface area (Å²) in [6.45, 7) is 2.01. The summed E-state index contributed by atoms with van der Waals surface area (Å²) in [7, 11) is 0. The zero-order valence-corrected chi connectivity index (χ0v) is 7.73.